The molecule has 0 bridgehead atoms. The zero-order chi connectivity index (χ0) is 19.2. The lowest BCUT2D eigenvalue weighted by atomic mass is 10.2. The van der Waals surface area contributed by atoms with E-state index in [0.717, 1.165) is 60.1 Å². The van der Waals surface area contributed by atoms with Crippen LogP contribution in [0.1, 0.15) is 18.7 Å². The summed E-state index contributed by atoms with van der Waals surface area (Å²) < 4.78 is 18.6. The molecule has 0 amide bonds. The number of nitrogens with zero attached hydrogens (tertiary/aromatic N) is 3. The molecule has 3 N–H and O–H groups in total. The number of nitrogens with two attached hydrogens (primary N) is 1. The van der Waals surface area contributed by atoms with Crippen LogP contribution in [0.25, 0.3) is 21.9 Å². The van der Waals surface area contributed by atoms with Crippen molar-refractivity contribution in [2.24, 2.45) is 0 Å². The van der Waals surface area contributed by atoms with E-state index in [2.05, 4.69) is 20.9 Å². The van der Waals surface area contributed by atoms with Crippen LogP contribution in [0.4, 0.5) is 5.82 Å². The number of nitrogens with one attached hydrogen (secondary N) is 1. The molecule has 8 heteroatoms. The zero-order valence-corrected chi connectivity index (χ0v) is 16.7. The first-order valence-electron chi connectivity index (χ1n) is 9.15. The Hall–Kier alpha value is -2.03. The summed E-state index contributed by atoms with van der Waals surface area (Å²) in [5, 5.41) is 4.28. The van der Waals surface area contributed by atoms with Crippen molar-refractivity contribution < 1.29 is 8.95 Å². The van der Waals surface area contributed by atoms with Gasteiger partial charge in [-0.15, -0.1) is 0 Å². The Morgan fingerprint density at radius 1 is 1.26 bits per heavy atom. The van der Waals surface area contributed by atoms with Crippen LogP contribution in [0.3, 0.4) is 0 Å². The molecule has 7 nitrogen and oxygen atoms in total. The Morgan fingerprint density at radius 3 is 2.85 bits per heavy atom. The molecule has 0 saturated heterocycles. The summed E-state index contributed by atoms with van der Waals surface area (Å²) in [7, 11) is 0.890. The molecule has 0 aliphatic rings. The fourth-order valence-corrected chi connectivity index (χ4v) is 3.70. The van der Waals surface area contributed by atoms with E-state index in [1.165, 1.54) is 0 Å². The standard InChI is InChI=1S/C19H27N5O2S/c1-26-12-9-16-23-17-18(14-7-3-4-8-15(14)22-19(17)20)24(16)11-6-5-10-21-13-27(2)25/h3-4,7-8,21H,5-6,9-13H2,1-2H3,(H2,20,22). The van der Waals surface area contributed by atoms with Gasteiger partial charge in [-0.1, -0.05) is 18.2 Å². The Morgan fingerprint density at radius 2 is 2.07 bits per heavy atom. The van der Waals surface area contributed by atoms with E-state index in [1.807, 2.05) is 18.2 Å². The van der Waals surface area contributed by atoms with Crippen molar-refractivity contribution in [1.29, 1.82) is 0 Å². The summed E-state index contributed by atoms with van der Waals surface area (Å²) in [6.45, 7) is 2.31. The number of hydrogen-bond acceptors (Lipinski definition) is 6. The van der Waals surface area contributed by atoms with Gasteiger partial charge in [0.2, 0.25) is 0 Å². The molecule has 2 aromatic heterocycles. The maximum absolute atomic E-state index is 11.1. The Bertz CT molecular complexity index is 941. The first kappa shape index (κ1) is 19.7. The van der Waals surface area contributed by atoms with Crippen LogP contribution in [-0.4, -0.2) is 51.1 Å². The number of nitrogen functional groups attached to an aromatic ring is 1. The molecular formula is C19H27N5O2S. The molecule has 3 aromatic rings. The van der Waals surface area contributed by atoms with Crippen molar-refractivity contribution in [2.75, 3.05) is 38.1 Å². The smallest absolute Gasteiger partial charge is 0.152 e. The van der Waals surface area contributed by atoms with Gasteiger partial charge in [-0.05, 0) is 25.5 Å². The molecular weight excluding hydrogens is 362 g/mol. The van der Waals surface area contributed by atoms with Gasteiger partial charge in [0.25, 0.3) is 0 Å². The number of fused-ring (bicyclic) bond motifs is 3. The van der Waals surface area contributed by atoms with Crippen molar-refractivity contribution in [3.8, 4) is 0 Å². The van der Waals surface area contributed by atoms with Gasteiger partial charge in [0.15, 0.2) is 5.82 Å². The molecule has 0 aliphatic carbocycles. The number of anilines is 1. The van der Waals surface area contributed by atoms with Crippen LogP contribution in [0.2, 0.25) is 0 Å². The Kier molecular flexibility index (Phi) is 6.76. The van der Waals surface area contributed by atoms with E-state index < -0.39 is 10.8 Å². The number of rotatable bonds is 10. The van der Waals surface area contributed by atoms with Crippen molar-refractivity contribution in [3.05, 3.63) is 30.1 Å². The summed E-state index contributed by atoms with van der Waals surface area (Å²) in [6.07, 6.45) is 4.42. The number of para-hydroxylation sites is 1. The Labute approximate surface area is 161 Å². The van der Waals surface area contributed by atoms with Gasteiger partial charge >= 0.3 is 0 Å². The minimum absolute atomic E-state index is 0.466. The quantitative estimate of drug-likeness (QED) is 0.516. The Balaban J connectivity index is 1.89. The highest BCUT2D eigenvalue weighted by molar-refractivity contribution is 7.84. The summed E-state index contributed by atoms with van der Waals surface area (Å²) >= 11 is 0. The van der Waals surface area contributed by atoms with Crippen LogP contribution in [0, 0.1) is 0 Å². The second kappa shape index (κ2) is 9.25. The topological polar surface area (TPSA) is 95.1 Å². The lowest BCUT2D eigenvalue weighted by Crippen LogP contribution is -2.20. The number of hydrogen-bond donors (Lipinski definition) is 2. The van der Waals surface area contributed by atoms with E-state index in [-0.39, 0.29) is 0 Å². The highest BCUT2D eigenvalue weighted by Gasteiger charge is 2.16. The maximum Gasteiger partial charge on any atom is 0.152 e. The van der Waals surface area contributed by atoms with Gasteiger partial charge in [-0.25, -0.2) is 9.97 Å². The molecule has 0 aliphatic heterocycles. The minimum Gasteiger partial charge on any atom is -0.384 e. The van der Waals surface area contributed by atoms with Gasteiger partial charge in [-0.3, -0.25) is 4.21 Å². The first-order chi connectivity index (χ1) is 13.1. The van der Waals surface area contributed by atoms with Gasteiger partial charge in [0.05, 0.1) is 23.5 Å². The maximum atomic E-state index is 11.1. The number of benzene rings is 1. The predicted octanol–water partition coefficient (Wildman–Crippen LogP) is 2.06. The highest BCUT2D eigenvalue weighted by atomic mass is 32.2. The van der Waals surface area contributed by atoms with Crippen molar-refractivity contribution in [3.63, 3.8) is 0 Å². The molecule has 1 aromatic carbocycles. The summed E-state index contributed by atoms with van der Waals surface area (Å²) in [5.41, 5.74) is 8.89. The molecule has 0 spiro atoms. The van der Waals surface area contributed by atoms with Gasteiger partial charge < -0.3 is 20.4 Å². The predicted molar refractivity (Wildman–Crippen MR) is 111 cm³/mol. The lowest BCUT2D eigenvalue weighted by Gasteiger charge is -2.11. The molecule has 1 unspecified atom stereocenters. The zero-order valence-electron chi connectivity index (χ0n) is 15.9. The van der Waals surface area contributed by atoms with Crippen LogP contribution in [-0.2, 0) is 28.5 Å². The molecule has 1 atom stereocenters. The number of aryl methyl sites for hydroxylation is 1. The largest absolute Gasteiger partial charge is 0.384 e. The number of unbranched alkanes of at least 4 members (excludes halogenated alkanes) is 1. The van der Waals surface area contributed by atoms with E-state index in [9.17, 15) is 4.21 Å². The third-order valence-electron chi connectivity index (χ3n) is 4.51. The molecule has 146 valence electrons. The molecule has 27 heavy (non-hydrogen) atoms. The fourth-order valence-electron chi connectivity index (χ4n) is 3.27. The molecule has 2 heterocycles. The average molecular weight is 390 g/mol. The molecule has 0 saturated carbocycles. The monoisotopic (exact) mass is 389 g/mol. The number of ether oxygens (including phenoxy) is 1. The third kappa shape index (κ3) is 4.63. The number of imidazole rings is 1. The van der Waals surface area contributed by atoms with Crippen LogP contribution < -0.4 is 11.1 Å². The van der Waals surface area contributed by atoms with E-state index in [0.29, 0.717) is 18.3 Å². The highest BCUT2D eigenvalue weighted by Crippen LogP contribution is 2.29. The third-order valence-corrected chi connectivity index (χ3v) is 5.12. The van der Waals surface area contributed by atoms with E-state index >= 15 is 0 Å². The molecule has 3 rings (SSSR count). The minimum atomic E-state index is -0.806. The van der Waals surface area contributed by atoms with Crippen LogP contribution >= 0.6 is 0 Å². The summed E-state index contributed by atoms with van der Waals surface area (Å²) in [5.74, 6) is 1.98. The molecule has 0 fully saturated rings. The van der Waals surface area contributed by atoms with Crippen LogP contribution in [0.5, 0.6) is 0 Å². The number of methoxy groups -OCH3 is 1. The lowest BCUT2D eigenvalue weighted by molar-refractivity contribution is 0.199. The van der Waals surface area contributed by atoms with E-state index in [1.54, 1.807) is 13.4 Å². The summed E-state index contributed by atoms with van der Waals surface area (Å²) in [4.78, 5) is 9.29. The molecule has 0 radical (unpaired) electrons. The van der Waals surface area contributed by atoms with Gasteiger partial charge in [0, 0.05) is 42.5 Å². The summed E-state index contributed by atoms with van der Waals surface area (Å²) in [6, 6.07) is 8.03. The number of pyridine rings is 1. The average Bonchev–Trinajstić information content (AvgIpc) is 3.02. The van der Waals surface area contributed by atoms with Gasteiger partial charge in [0.1, 0.15) is 11.3 Å². The SMILES string of the molecule is COCCc1nc2c(N)nc3ccccc3c2n1CCCCNCS(C)=O. The van der Waals surface area contributed by atoms with Crippen LogP contribution in [0.15, 0.2) is 24.3 Å². The second-order valence-electron chi connectivity index (χ2n) is 6.56. The van der Waals surface area contributed by atoms with Crippen molar-refractivity contribution in [1.82, 2.24) is 19.9 Å². The number of aromatic nitrogens is 3. The fraction of sp³-hybridized carbons (Fsp3) is 0.474. The first-order valence-corrected chi connectivity index (χ1v) is 10.9. The van der Waals surface area contributed by atoms with Gasteiger partial charge in [-0.2, -0.15) is 0 Å². The second-order valence-corrected chi connectivity index (χ2v) is 7.99. The van der Waals surface area contributed by atoms with Crippen molar-refractivity contribution in [2.45, 2.75) is 25.8 Å². The normalized spacial score (nSPS) is 12.8. The van der Waals surface area contributed by atoms with E-state index in [4.69, 9.17) is 15.5 Å². The van der Waals surface area contributed by atoms with Crippen molar-refractivity contribution >= 4 is 38.6 Å².